The molecule has 0 saturated carbocycles. The van der Waals surface area contributed by atoms with Crippen LogP contribution in [0.3, 0.4) is 0 Å². The average molecular weight is 405 g/mol. The van der Waals surface area contributed by atoms with E-state index in [-0.39, 0.29) is 30.1 Å². The molecule has 2 aliphatic rings. The number of nitrogens with zero attached hydrogens (tertiary/aromatic N) is 3. The van der Waals surface area contributed by atoms with Crippen LogP contribution < -0.4 is 9.80 Å². The highest BCUT2D eigenvalue weighted by molar-refractivity contribution is 6.22. The summed E-state index contributed by atoms with van der Waals surface area (Å²) in [5, 5.41) is 0. The number of anilines is 2. The highest BCUT2D eigenvalue weighted by atomic mass is 16.2. The summed E-state index contributed by atoms with van der Waals surface area (Å²) in [6, 6.07) is 13.0. The summed E-state index contributed by atoms with van der Waals surface area (Å²) in [5.41, 5.74) is 4.53. The number of ketones is 1. The van der Waals surface area contributed by atoms with Crippen LogP contribution in [0.25, 0.3) is 0 Å². The molecule has 2 amide bonds. The van der Waals surface area contributed by atoms with Gasteiger partial charge in [0.15, 0.2) is 5.78 Å². The second-order valence-corrected chi connectivity index (χ2v) is 8.13. The first-order valence-electron chi connectivity index (χ1n) is 10.4. The summed E-state index contributed by atoms with van der Waals surface area (Å²) in [7, 11) is 0. The molecule has 2 heterocycles. The third kappa shape index (κ3) is 3.63. The lowest BCUT2D eigenvalue weighted by Crippen LogP contribution is -2.52. The summed E-state index contributed by atoms with van der Waals surface area (Å²) < 4.78 is 0. The Bertz CT molecular complexity index is 991. The molecular weight excluding hydrogens is 378 g/mol. The normalized spacial score (nSPS) is 20.2. The van der Waals surface area contributed by atoms with Crippen LogP contribution in [-0.2, 0) is 9.59 Å². The van der Waals surface area contributed by atoms with E-state index >= 15 is 0 Å². The van der Waals surface area contributed by atoms with Gasteiger partial charge in [0.25, 0.3) is 5.91 Å². The lowest BCUT2D eigenvalue weighted by atomic mass is 10.1. The van der Waals surface area contributed by atoms with Crippen LogP contribution in [0.15, 0.2) is 42.5 Å². The number of hydrogen-bond acceptors (Lipinski definition) is 5. The minimum absolute atomic E-state index is 0.0594. The molecule has 2 fully saturated rings. The van der Waals surface area contributed by atoms with Crippen LogP contribution >= 0.6 is 0 Å². The van der Waals surface area contributed by atoms with E-state index < -0.39 is 0 Å². The van der Waals surface area contributed by atoms with Crippen molar-refractivity contribution in [2.45, 2.75) is 33.2 Å². The quantitative estimate of drug-likeness (QED) is 0.578. The molecular formula is C24H27N3O3. The fourth-order valence-electron chi connectivity index (χ4n) is 4.33. The van der Waals surface area contributed by atoms with Crippen molar-refractivity contribution in [3.8, 4) is 0 Å². The average Bonchev–Trinajstić information content (AvgIpc) is 3.04. The van der Waals surface area contributed by atoms with Gasteiger partial charge in [-0.15, -0.1) is 0 Å². The zero-order valence-corrected chi connectivity index (χ0v) is 17.7. The van der Waals surface area contributed by atoms with Crippen molar-refractivity contribution in [3.63, 3.8) is 0 Å². The largest absolute Gasteiger partial charge is 0.369 e. The number of benzene rings is 2. The molecule has 0 unspecified atom stereocenters. The van der Waals surface area contributed by atoms with Crippen LogP contribution in [0.5, 0.6) is 0 Å². The number of amides is 2. The van der Waals surface area contributed by atoms with Crippen LogP contribution in [0.2, 0.25) is 0 Å². The number of imide groups is 1. The Hall–Kier alpha value is -2.99. The van der Waals surface area contributed by atoms with Crippen LogP contribution in [0, 0.1) is 13.8 Å². The smallest absolute Gasteiger partial charge is 0.251 e. The summed E-state index contributed by atoms with van der Waals surface area (Å²) in [5.74, 6) is -0.182. The lowest BCUT2D eigenvalue weighted by Gasteiger charge is -2.38. The van der Waals surface area contributed by atoms with Gasteiger partial charge in [0.2, 0.25) is 5.91 Å². The number of hydrogen-bond donors (Lipinski definition) is 0. The Labute approximate surface area is 177 Å². The molecule has 0 bridgehead atoms. The van der Waals surface area contributed by atoms with Crippen LogP contribution in [0.4, 0.5) is 11.4 Å². The second-order valence-electron chi connectivity index (χ2n) is 8.13. The maximum absolute atomic E-state index is 13.1. The molecule has 0 radical (unpaired) electrons. The number of carbonyl (C=O) groups is 3. The van der Waals surface area contributed by atoms with Gasteiger partial charge < -0.3 is 4.90 Å². The molecule has 0 aliphatic carbocycles. The molecule has 2 saturated heterocycles. The van der Waals surface area contributed by atoms with Gasteiger partial charge >= 0.3 is 0 Å². The minimum atomic E-state index is -0.389. The first kappa shape index (κ1) is 20.3. The number of aryl methyl sites for hydroxylation is 1. The minimum Gasteiger partial charge on any atom is -0.369 e. The molecule has 0 N–H and O–H groups in total. The van der Waals surface area contributed by atoms with Gasteiger partial charge in [-0.3, -0.25) is 19.3 Å². The van der Waals surface area contributed by atoms with Gasteiger partial charge in [0, 0.05) is 37.4 Å². The van der Waals surface area contributed by atoms with Crippen LogP contribution in [-0.4, -0.2) is 54.7 Å². The zero-order chi connectivity index (χ0) is 21.4. The Morgan fingerprint density at radius 3 is 2.23 bits per heavy atom. The highest BCUT2D eigenvalue weighted by Crippen LogP contribution is 2.30. The van der Waals surface area contributed by atoms with Gasteiger partial charge in [-0.25, -0.2) is 4.90 Å². The monoisotopic (exact) mass is 405 g/mol. The van der Waals surface area contributed by atoms with Crippen molar-refractivity contribution >= 4 is 29.0 Å². The molecule has 1 atom stereocenters. The van der Waals surface area contributed by atoms with Gasteiger partial charge in [0.05, 0.1) is 18.2 Å². The van der Waals surface area contributed by atoms with E-state index in [1.165, 1.54) is 4.90 Å². The standard InChI is InChI=1S/C24H27N3O3/c1-16-5-4-6-21(17(16)2)27-23(29)15-22(24(27)30)26-13-11-25(12-14-26)20-9-7-19(8-10-20)18(3)28/h4-10,22H,11-15H2,1-3H3/t22-/m1/s1. The third-order valence-corrected chi connectivity index (χ3v) is 6.33. The van der Waals surface area contributed by atoms with E-state index in [0.717, 1.165) is 43.0 Å². The van der Waals surface area contributed by atoms with E-state index in [2.05, 4.69) is 9.80 Å². The highest BCUT2D eigenvalue weighted by Gasteiger charge is 2.43. The number of piperazine rings is 1. The molecule has 6 heteroatoms. The summed E-state index contributed by atoms with van der Waals surface area (Å²) in [4.78, 5) is 43.1. The molecule has 0 aromatic heterocycles. The SMILES string of the molecule is CC(=O)c1ccc(N2CCN([C@@H]3CC(=O)N(c4cccc(C)c4C)C3=O)CC2)cc1. The molecule has 6 nitrogen and oxygen atoms in total. The van der Waals surface area contributed by atoms with Gasteiger partial charge in [-0.1, -0.05) is 12.1 Å². The Kier molecular flexibility index (Phi) is 5.43. The van der Waals surface area contributed by atoms with E-state index in [1.54, 1.807) is 6.92 Å². The fourth-order valence-corrected chi connectivity index (χ4v) is 4.33. The first-order valence-corrected chi connectivity index (χ1v) is 10.4. The summed E-state index contributed by atoms with van der Waals surface area (Å²) in [6.45, 7) is 8.51. The van der Waals surface area contributed by atoms with Crippen molar-refractivity contribution in [1.29, 1.82) is 0 Å². The molecule has 2 aromatic carbocycles. The Morgan fingerprint density at radius 2 is 1.60 bits per heavy atom. The summed E-state index contributed by atoms with van der Waals surface area (Å²) >= 11 is 0. The number of rotatable bonds is 4. The fraction of sp³-hybridized carbons (Fsp3) is 0.375. The maximum atomic E-state index is 13.1. The van der Waals surface area contributed by atoms with E-state index in [4.69, 9.17) is 0 Å². The van der Waals surface area contributed by atoms with Crippen molar-refractivity contribution in [2.75, 3.05) is 36.0 Å². The van der Waals surface area contributed by atoms with Crippen LogP contribution in [0.1, 0.15) is 34.8 Å². The predicted octanol–water partition coefficient (Wildman–Crippen LogP) is 2.96. The van der Waals surface area contributed by atoms with Gasteiger partial charge in [-0.2, -0.15) is 0 Å². The van der Waals surface area contributed by atoms with Gasteiger partial charge in [0.1, 0.15) is 0 Å². The topological polar surface area (TPSA) is 60.9 Å². The predicted molar refractivity (Wildman–Crippen MR) is 117 cm³/mol. The molecule has 30 heavy (non-hydrogen) atoms. The van der Waals surface area contributed by atoms with Crippen molar-refractivity contribution in [2.24, 2.45) is 0 Å². The second kappa shape index (κ2) is 8.03. The van der Waals surface area contributed by atoms with Crippen molar-refractivity contribution < 1.29 is 14.4 Å². The molecule has 2 aromatic rings. The molecule has 156 valence electrons. The first-order chi connectivity index (χ1) is 14.4. The number of Topliss-reactive ketones (excluding diaryl/α,β-unsaturated/α-hetero) is 1. The summed E-state index contributed by atoms with van der Waals surface area (Å²) in [6.07, 6.45) is 0.236. The molecule has 0 spiro atoms. The van der Waals surface area contributed by atoms with E-state index in [1.807, 2.05) is 56.3 Å². The van der Waals surface area contributed by atoms with E-state index in [0.29, 0.717) is 11.3 Å². The Balaban J connectivity index is 1.44. The molecule has 2 aliphatic heterocycles. The zero-order valence-electron chi connectivity index (χ0n) is 17.7. The Morgan fingerprint density at radius 1 is 0.933 bits per heavy atom. The van der Waals surface area contributed by atoms with Crippen molar-refractivity contribution in [1.82, 2.24) is 4.90 Å². The molecule has 4 rings (SSSR count). The lowest BCUT2D eigenvalue weighted by molar-refractivity contribution is -0.123. The van der Waals surface area contributed by atoms with Gasteiger partial charge in [-0.05, 0) is 62.2 Å². The van der Waals surface area contributed by atoms with E-state index in [9.17, 15) is 14.4 Å². The third-order valence-electron chi connectivity index (χ3n) is 6.33. The van der Waals surface area contributed by atoms with Crippen molar-refractivity contribution in [3.05, 3.63) is 59.2 Å². The number of carbonyl (C=O) groups excluding carboxylic acids is 3. The maximum Gasteiger partial charge on any atom is 0.251 e.